The summed E-state index contributed by atoms with van der Waals surface area (Å²) in [5, 5.41) is 0. The van der Waals surface area contributed by atoms with E-state index < -0.39 is 11.9 Å². The van der Waals surface area contributed by atoms with Gasteiger partial charge in [-0.2, -0.15) is 0 Å². The number of benzene rings is 1. The fourth-order valence-corrected chi connectivity index (χ4v) is 1.45. The van der Waals surface area contributed by atoms with E-state index in [0.29, 0.717) is 11.7 Å². The van der Waals surface area contributed by atoms with Crippen molar-refractivity contribution in [2.75, 3.05) is 7.11 Å². The summed E-state index contributed by atoms with van der Waals surface area (Å²) >= 11 is 0. The Kier molecular flexibility index (Phi) is 5.79. The van der Waals surface area contributed by atoms with Gasteiger partial charge in [-0.15, -0.1) is 0 Å². The second-order valence-electron chi connectivity index (χ2n) is 4.16. The average molecular weight is 262 g/mol. The summed E-state index contributed by atoms with van der Waals surface area (Å²) in [5.74, 6) is -0.277. The molecule has 0 aliphatic heterocycles. The first kappa shape index (κ1) is 15.0. The van der Waals surface area contributed by atoms with Crippen LogP contribution < -0.4 is 4.74 Å². The number of esters is 2. The molecule has 0 saturated carbocycles. The monoisotopic (exact) mass is 262 g/mol. The lowest BCUT2D eigenvalue weighted by atomic mass is 9.99. The molecule has 1 aromatic rings. The Morgan fingerprint density at radius 2 is 1.74 bits per heavy atom. The first-order chi connectivity index (χ1) is 9.06. The van der Waals surface area contributed by atoms with Crippen LogP contribution in [0.25, 0.3) is 0 Å². The van der Waals surface area contributed by atoms with Crippen LogP contribution in [0.4, 0.5) is 0 Å². The summed E-state index contributed by atoms with van der Waals surface area (Å²) in [6.45, 7) is 4.26. The lowest BCUT2D eigenvalue weighted by molar-refractivity contribution is -0.135. The van der Waals surface area contributed by atoms with Crippen molar-refractivity contribution in [1.82, 2.24) is 0 Å². The summed E-state index contributed by atoms with van der Waals surface area (Å²) in [7, 11) is 1.24. The van der Waals surface area contributed by atoms with E-state index in [1.54, 1.807) is 12.1 Å². The number of methoxy groups -OCH3 is 1. The Labute approximate surface area is 113 Å². The molecule has 0 aliphatic rings. The predicted octanol–water partition coefficient (Wildman–Crippen LogP) is 2.83. The summed E-state index contributed by atoms with van der Waals surface area (Å²) in [5.41, 5.74) is 1.20. The molecule has 0 heterocycles. The normalized spacial score (nSPS) is 12.2. The third kappa shape index (κ3) is 4.95. The van der Waals surface area contributed by atoms with Gasteiger partial charge in [-0.05, 0) is 30.0 Å². The molecule has 0 amide bonds. The van der Waals surface area contributed by atoms with E-state index in [4.69, 9.17) is 4.74 Å². The zero-order chi connectivity index (χ0) is 14.3. The summed E-state index contributed by atoms with van der Waals surface area (Å²) in [6, 6.07) is 7.35. The van der Waals surface area contributed by atoms with Gasteiger partial charge in [0.15, 0.2) is 0 Å². The van der Waals surface area contributed by atoms with Gasteiger partial charge in [-0.25, -0.2) is 9.59 Å². The van der Waals surface area contributed by atoms with Gasteiger partial charge in [0.2, 0.25) is 0 Å². The van der Waals surface area contributed by atoms with Crippen molar-refractivity contribution in [1.29, 1.82) is 0 Å². The van der Waals surface area contributed by atoms with E-state index in [1.165, 1.54) is 12.7 Å². The molecule has 1 rings (SSSR count). The number of ether oxygens (including phenoxy) is 2. The fourth-order valence-electron chi connectivity index (χ4n) is 1.45. The highest BCUT2D eigenvalue weighted by molar-refractivity contribution is 5.92. The molecule has 0 fully saturated rings. The quantitative estimate of drug-likeness (QED) is 0.465. The van der Waals surface area contributed by atoms with E-state index in [9.17, 15) is 9.59 Å². The lowest BCUT2D eigenvalue weighted by Gasteiger charge is -2.09. The average Bonchev–Trinajstić information content (AvgIpc) is 2.44. The van der Waals surface area contributed by atoms with Crippen LogP contribution in [0, 0.1) is 0 Å². The van der Waals surface area contributed by atoms with Crippen LogP contribution in [0.1, 0.15) is 31.7 Å². The highest BCUT2D eigenvalue weighted by Crippen LogP contribution is 2.21. The third-order valence-electron chi connectivity index (χ3n) is 2.84. The molecule has 19 heavy (non-hydrogen) atoms. The van der Waals surface area contributed by atoms with E-state index >= 15 is 0 Å². The van der Waals surface area contributed by atoms with Gasteiger partial charge >= 0.3 is 11.9 Å². The van der Waals surface area contributed by atoms with Gasteiger partial charge < -0.3 is 9.47 Å². The van der Waals surface area contributed by atoms with Gasteiger partial charge in [0.25, 0.3) is 0 Å². The van der Waals surface area contributed by atoms with Crippen LogP contribution >= 0.6 is 0 Å². The highest BCUT2D eigenvalue weighted by Gasteiger charge is 2.05. The van der Waals surface area contributed by atoms with Crippen molar-refractivity contribution in [3.63, 3.8) is 0 Å². The Bertz CT molecular complexity index is 460. The molecule has 1 unspecified atom stereocenters. The smallest absolute Gasteiger partial charge is 0.336 e. The van der Waals surface area contributed by atoms with Crippen LogP contribution in [0.5, 0.6) is 5.75 Å². The van der Waals surface area contributed by atoms with Gasteiger partial charge in [-0.3, -0.25) is 0 Å². The Morgan fingerprint density at radius 3 is 2.26 bits per heavy atom. The van der Waals surface area contributed by atoms with Gasteiger partial charge in [0.05, 0.1) is 7.11 Å². The number of rotatable bonds is 5. The maximum Gasteiger partial charge on any atom is 0.336 e. The summed E-state index contributed by atoms with van der Waals surface area (Å²) in [4.78, 5) is 22.2. The standard InChI is InChI=1S/C15H18O4/c1-4-11(2)12-5-7-13(8-6-12)19-15(17)10-9-14(16)18-3/h5-11H,4H2,1-3H3. The molecular formula is C15H18O4. The molecule has 1 aromatic carbocycles. The number of hydrogen-bond donors (Lipinski definition) is 0. The zero-order valence-corrected chi connectivity index (χ0v) is 11.4. The SMILES string of the molecule is CCC(C)c1ccc(OC(=O)C=CC(=O)OC)cc1. The highest BCUT2D eigenvalue weighted by atomic mass is 16.5. The molecule has 0 N–H and O–H groups in total. The van der Waals surface area contributed by atoms with Gasteiger partial charge in [0, 0.05) is 12.2 Å². The van der Waals surface area contributed by atoms with Crippen molar-refractivity contribution in [2.45, 2.75) is 26.2 Å². The molecule has 102 valence electrons. The maximum absolute atomic E-state index is 11.4. The first-order valence-corrected chi connectivity index (χ1v) is 6.14. The molecule has 0 aliphatic carbocycles. The summed E-state index contributed by atoms with van der Waals surface area (Å²) < 4.78 is 9.42. The molecule has 0 spiro atoms. The molecule has 4 nitrogen and oxygen atoms in total. The van der Waals surface area contributed by atoms with Crippen LogP contribution in [0.2, 0.25) is 0 Å². The van der Waals surface area contributed by atoms with Gasteiger partial charge in [-0.1, -0.05) is 26.0 Å². The van der Waals surface area contributed by atoms with E-state index in [1.807, 2.05) is 12.1 Å². The first-order valence-electron chi connectivity index (χ1n) is 6.14. The fraction of sp³-hybridized carbons (Fsp3) is 0.333. The Balaban J connectivity index is 2.60. The minimum absolute atomic E-state index is 0.451. The molecule has 0 aromatic heterocycles. The largest absolute Gasteiger partial charge is 0.466 e. The molecular weight excluding hydrogens is 244 g/mol. The van der Waals surface area contributed by atoms with Gasteiger partial charge in [0.1, 0.15) is 5.75 Å². The number of carbonyl (C=O) groups excluding carboxylic acids is 2. The number of carbonyl (C=O) groups is 2. The van der Waals surface area contributed by atoms with Crippen LogP contribution in [0.3, 0.4) is 0 Å². The second kappa shape index (κ2) is 7.36. The second-order valence-corrected chi connectivity index (χ2v) is 4.16. The minimum atomic E-state index is -0.610. The van der Waals surface area contributed by atoms with Crippen LogP contribution in [-0.4, -0.2) is 19.0 Å². The Morgan fingerprint density at radius 1 is 1.16 bits per heavy atom. The van der Waals surface area contributed by atoms with E-state index in [0.717, 1.165) is 18.6 Å². The maximum atomic E-state index is 11.4. The van der Waals surface area contributed by atoms with Crippen LogP contribution in [0.15, 0.2) is 36.4 Å². The predicted molar refractivity (Wildman–Crippen MR) is 71.9 cm³/mol. The molecule has 4 heteroatoms. The molecule has 0 bridgehead atoms. The molecule has 0 saturated heterocycles. The van der Waals surface area contributed by atoms with E-state index in [-0.39, 0.29) is 0 Å². The van der Waals surface area contributed by atoms with Crippen molar-refractivity contribution in [3.8, 4) is 5.75 Å². The van der Waals surface area contributed by atoms with Crippen molar-refractivity contribution in [2.24, 2.45) is 0 Å². The molecule has 1 atom stereocenters. The molecule has 0 radical (unpaired) electrons. The van der Waals surface area contributed by atoms with Crippen molar-refractivity contribution < 1.29 is 19.1 Å². The topological polar surface area (TPSA) is 52.6 Å². The summed E-state index contributed by atoms with van der Waals surface area (Å²) in [6.07, 6.45) is 3.12. The minimum Gasteiger partial charge on any atom is -0.466 e. The Hall–Kier alpha value is -2.10. The number of hydrogen-bond acceptors (Lipinski definition) is 4. The lowest BCUT2D eigenvalue weighted by Crippen LogP contribution is -2.05. The van der Waals surface area contributed by atoms with E-state index in [2.05, 4.69) is 18.6 Å². The van der Waals surface area contributed by atoms with Crippen LogP contribution in [-0.2, 0) is 14.3 Å². The third-order valence-corrected chi connectivity index (χ3v) is 2.84. The zero-order valence-electron chi connectivity index (χ0n) is 11.4. The van der Waals surface area contributed by atoms with Crippen molar-refractivity contribution >= 4 is 11.9 Å². The van der Waals surface area contributed by atoms with Crippen molar-refractivity contribution in [3.05, 3.63) is 42.0 Å².